The van der Waals surface area contributed by atoms with E-state index in [1.54, 1.807) is 49.8 Å². The van der Waals surface area contributed by atoms with Gasteiger partial charge in [-0.05, 0) is 45.4 Å². The summed E-state index contributed by atoms with van der Waals surface area (Å²) in [6.07, 6.45) is 1.68. The molecule has 0 spiro atoms. The van der Waals surface area contributed by atoms with E-state index in [0.717, 1.165) is 5.56 Å². The number of hydrogen-bond acceptors (Lipinski definition) is 6. The molecule has 0 atom stereocenters. The van der Waals surface area contributed by atoms with Gasteiger partial charge in [-0.15, -0.1) is 0 Å². The minimum Gasteiger partial charge on any atom is -0.508 e. The Labute approximate surface area is 162 Å². The third-order valence-corrected chi connectivity index (χ3v) is 4.42. The number of phenolic OH excluding ortho intramolecular Hbond substituents is 1. The van der Waals surface area contributed by atoms with Crippen LogP contribution in [0.2, 0.25) is 0 Å². The number of nitrogen functional groups attached to an aromatic ring is 1. The number of rotatable bonds is 5. The minimum atomic E-state index is -0.954. The van der Waals surface area contributed by atoms with Gasteiger partial charge in [0.1, 0.15) is 28.5 Å². The SMILES string of the molecule is Cc1ccc(O)c(C)c1-n1nc(-c2ccn(CC(C)(C)O)n2)c(C(N)=O)c1N. The molecule has 0 saturated carbocycles. The fourth-order valence-electron chi connectivity index (χ4n) is 3.15. The van der Waals surface area contributed by atoms with Gasteiger partial charge < -0.3 is 21.7 Å². The predicted octanol–water partition coefficient (Wildman–Crippen LogP) is 1.51. The monoisotopic (exact) mass is 384 g/mol. The molecule has 148 valence electrons. The van der Waals surface area contributed by atoms with E-state index < -0.39 is 11.5 Å². The van der Waals surface area contributed by atoms with Gasteiger partial charge >= 0.3 is 0 Å². The number of phenols is 1. The Hall–Kier alpha value is -3.33. The van der Waals surface area contributed by atoms with Crippen molar-refractivity contribution in [2.45, 2.75) is 39.8 Å². The quantitative estimate of drug-likeness (QED) is 0.524. The lowest BCUT2D eigenvalue weighted by atomic mass is 10.1. The van der Waals surface area contributed by atoms with Crippen LogP contribution < -0.4 is 11.5 Å². The Morgan fingerprint density at radius 2 is 1.89 bits per heavy atom. The first kappa shape index (κ1) is 19.4. The van der Waals surface area contributed by atoms with Crippen LogP contribution in [0.4, 0.5) is 5.82 Å². The number of aromatic nitrogens is 4. The molecule has 1 amide bonds. The van der Waals surface area contributed by atoms with Crippen molar-refractivity contribution in [3.63, 3.8) is 0 Å². The Kier molecular flexibility index (Phi) is 4.64. The van der Waals surface area contributed by atoms with Gasteiger partial charge in [-0.25, -0.2) is 4.68 Å². The molecule has 0 aliphatic rings. The van der Waals surface area contributed by atoms with E-state index in [9.17, 15) is 15.0 Å². The van der Waals surface area contributed by atoms with Gasteiger partial charge in [0.25, 0.3) is 5.91 Å². The Balaban J connectivity index is 2.19. The first-order valence-corrected chi connectivity index (χ1v) is 8.73. The molecule has 1 aromatic carbocycles. The third kappa shape index (κ3) is 3.44. The van der Waals surface area contributed by atoms with Crippen LogP contribution in [-0.2, 0) is 6.54 Å². The molecule has 9 nitrogen and oxygen atoms in total. The van der Waals surface area contributed by atoms with Gasteiger partial charge in [0.2, 0.25) is 0 Å². The fraction of sp³-hybridized carbons (Fsp3) is 0.316. The summed E-state index contributed by atoms with van der Waals surface area (Å²) >= 11 is 0. The molecule has 0 aliphatic carbocycles. The summed E-state index contributed by atoms with van der Waals surface area (Å²) in [4.78, 5) is 12.1. The van der Waals surface area contributed by atoms with Crippen LogP contribution in [-0.4, -0.2) is 41.3 Å². The number of primary amides is 1. The van der Waals surface area contributed by atoms with Crippen LogP contribution in [0.1, 0.15) is 35.3 Å². The first-order valence-electron chi connectivity index (χ1n) is 8.73. The zero-order valence-electron chi connectivity index (χ0n) is 16.3. The molecular formula is C19H24N6O3. The molecular weight excluding hydrogens is 360 g/mol. The third-order valence-electron chi connectivity index (χ3n) is 4.42. The van der Waals surface area contributed by atoms with Gasteiger partial charge in [0, 0.05) is 11.8 Å². The number of aryl methyl sites for hydroxylation is 1. The Morgan fingerprint density at radius 1 is 1.21 bits per heavy atom. The summed E-state index contributed by atoms with van der Waals surface area (Å²) in [5, 5.41) is 28.9. The number of carbonyl (C=O) groups excluding carboxylic acids is 1. The maximum Gasteiger partial charge on any atom is 0.254 e. The van der Waals surface area contributed by atoms with E-state index in [1.165, 1.54) is 4.68 Å². The summed E-state index contributed by atoms with van der Waals surface area (Å²) < 4.78 is 2.95. The van der Waals surface area contributed by atoms with Crippen molar-refractivity contribution in [3.8, 4) is 22.8 Å². The summed E-state index contributed by atoms with van der Waals surface area (Å²) in [5.74, 6) is -0.574. The van der Waals surface area contributed by atoms with Gasteiger partial charge in [-0.2, -0.15) is 10.2 Å². The smallest absolute Gasteiger partial charge is 0.254 e. The van der Waals surface area contributed by atoms with E-state index in [0.29, 0.717) is 16.9 Å². The number of anilines is 1. The second kappa shape index (κ2) is 6.68. The van der Waals surface area contributed by atoms with E-state index in [-0.39, 0.29) is 29.4 Å². The molecule has 0 saturated heterocycles. The fourth-order valence-corrected chi connectivity index (χ4v) is 3.15. The molecule has 0 radical (unpaired) electrons. The molecule has 2 aromatic heterocycles. The van der Waals surface area contributed by atoms with Crippen molar-refractivity contribution in [1.29, 1.82) is 0 Å². The van der Waals surface area contributed by atoms with E-state index >= 15 is 0 Å². The lowest BCUT2D eigenvalue weighted by Crippen LogP contribution is -2.26. The highest BCUT2D eigenvalue weighted by atomic mass is 16.3. The number of nitrogens with two attached hydrogens (primary N) is 2. The molecule has 2 heterocycles. The Bertz CT molecular complexity index is 1060. The zero-order chi connectivity index (χ0) is 20.8. The van der Waals surface area contributed by atoms with Crippen LogP contribution >= 0.6 is 0 Å². The van der Waals surface area contributed by atoms with Crippen molar-refractivity contribution < 1.29 is 15.0 Å². The van der Waals surface area contributed by atoms with Crippen LogP contribution in [0.5, 0.6) is 5.75 Å². The number of nitrogens with zero attached hydrogens (tertiary/aromatic N) is 4. The second-order valence-electron chi connectivity index (χ2n) is 7.47. The first-order chi connectivity index (χ1) is 13.0. The van der Waals surface area contributed by atoms with Crippen molar-refractivity contribution in [1.82, 2.24) is 19.6 Å². The number of carbonyl (C=O) groups is 1. The van der Waals surface area contributed by atoms with Gasteiger partial charge in [-0.3, -0.25) is 9.48 Å². The maximum absolute atomic E-state index is 12.1. The van der Waals surface area contributed by atoms with Crippen molar-refractivity contribution in [3.05, 3.63) is 41.1 Å². The van der Waals surface area contributed by atoms with E-state index in [1.807, 2.05) is 6.92 Å². The van der Waals surface area contributed by atoms with Gasteiger partial charge in [0.15, 0.2) is 0 Å². The van der Waals surface area contributed by atoms with Crippen molar-refractivity contribution >= 4 is 11.7 Å². The highest BCUT2D eigenvalue weighted by molar-refractivity contribution is 6.03. The summed E-state index contributed by atoms with van der Waals surface area (Å²) in [7, 11) is 0. The van der Waals surface area contributed by atoms with Crippen molar-refractivity contribution in [2.75, 3.05) is 5.73 Å². The second-order valence-corrected chi connectivity index (χ2v) is 7.47. The van der Waals surface area contributed by atoms with Crippen LogP contribution in [0.3, 0.4) is 0 Å². The van der Waals surface area contributed by atoms with Crippen LogP contribution in [0.25, 0.3) is 17.1 Å². The average Bonchev–Trinajstić information content (AvgIpc) is 3.15. The van der Waals surface area contributed by atoms with E-state index in [2.05, 4.69) is 10.2 Å². The molecule has 0 aliphatic heterocycles. The number of amides is 1. The highest BCUT2D eigenvalue weighted by Gasteiger charge is 2.26. The predicted molar refractivity (Wildman–Crippen MR) is 105 cm³/mol. The largest absolute Gasteiger partial charge is 0.508 e. The normalized spacial score (nSPS) is 11.8. The maximum atomic E-state index is 12.1. The average molecular weight is 384 g/mol. The standard InChI is InChI=1S/C19H24N6O3/c1-10-5-6-13(26)11(2)16(10)25-17(20)14(18(21)27)15(23-25)12-7-8-24(22-12)9-19(3,4)28/h5-8,26,28H,9,20H2,1-4H3,(H2,21,27). The summed E-state index contributed by atoms with van der Waals surface area (Å²) in [5.41, 5.74) is 13.5. The van der Waals surface area contributed by atoms with E-state index in [4.69, 9.17) is 11.5 Å². The molecule has 3 aromatic rings. The van der Waals surface area contributed by atoms with Crippen molar-refractivity contribution in [2.24, 2.45) is 5.73 Å². The lowest BCUT2D eigenvalue weighted by Gasteiger charge is -2.16. The molecule has 0 unspecified atom stereocenters. The number of aliphatic hydroxyl groups is 1. The molecule has 0 fully saturated rings. The minimum absolute atomic E-state index is 0.0515. The number of hydrogen-bond donors (Lipinski definition) is 4. The van der Waals surface area contributed by atoms with Gasteiger partial charge in [0.05, 0.1) is 17.8 Å². The molecule has 0 bridgehead atoms. The number of benzene rings is 1. The molecule has 28 heavy (non-hydrogen) atoms. The Morgan fingerprint density at radius 3 is 2.50 bits per heavy atom. The summed E-state index contributed by atoms with van der Waals surface area (Å²) in [6.45, 7) is 7.19. The van der Waals surface area contributed by atoms with Crippen LogP contribution in [0.15, 0.2) is 24.4 Å². The van der Waals surface area contributed by atoms with Crippen LogP contribution in [0, 0.1) is 13.8 Å². The summed E-state index contributed by atoms with van der Waals surface area (Å²) in [6, 6.07) is 5.00. The molecule has 6 N–H and O–H groups in total. The highest BCUT2D eigenvalue weighted by Crippen LogP contribution is 2.33. The molecule has 9 heteroatoms. The molecule has 3 rings (SSSR count). The topological polar surface area (TPSA) is 145 Å². The zero-order valence-corrected chi connectivity index (χ0v) is 16.3. The lowest BCUT2D eigenvalue weighted by molar-refractivity contribution is 0.0578. The number of aromatic hydroxyl groups is 1. The van der Waals surface area contributed by atoms with Gasteiger partial charge in [-0.1, -0.05) is 6.07 Å².